The fourth-order valence-corrected chi connectivity index (χ4v) is 1.25. The van der Waals surface area contributed by atoms with Crippen molar-refractivity contribution in [3.8, 4) is 0 Å². The van der Waals surface area contributed by atoms with Gasteiger partial charge in [0.05, 0.1) is 13.2 Å². The average molecular weight is 358 g/mol. The third-order valence-electron chi connectivity index (χ3n) is 1.43. The number of carbonyl (C=O) groups is 2. The third kappa shape index (κ3) is 5.65. The molecule has 16 heavy (non-hydrogen) atoms. The van der Waals surface area contributed by atoms with E-state index in [0.717, 1.165) is 12.8 Å². The first-order valence-electron chi connectivity index (χ1n) is 4.94. The summed E-state index contributed by atoms with van der Waals surface area (Å²) in [4.78, 5) is 22.7. The Morgan fingerprint density at radius 2 is 1.19 bits per heavy atom. The van der Waals surface area contributed by atoms with Crippen molar-refractivity contribution in [2.75, 3.05) is 13.2 Å². The Morgan fingerprint density at radius 1 is 0.875 bits per heavy atom. The fourth-order valence-electron chi connectivity index (χ4n) is 0.695. The second kappa shape index (κ2) is 8.75. The van der Waals surface area contributed by atoms with Gasteiger partial charge >= 0.3 is 11.9 Å². The molecule has 0 saturated carbocycles. The summed E-state index contributed by atoms with van der Waals surface area (Å²) in [5.41, 5.74) is 0. The van der Waals surface area contributed by atoms with E-state index in [-0.39, 0.29) is 8.96 Å². The van der Waals surface area contributed by atoms with Crippen LogP contribution in [0.1, 0.15) is 26.7 Å². The molecule has 0 aliphatic rings. The van der Waals surface area contributed by atoms with E-state index < -0.39 is 11.9 Å². The van der Waals surface area contributed by atoms with Crippen LogP contribution in [-0.4, -0.2) is 25.2 Å². The molecule has 0 aromatic rings. The van der Waals surface area contributed by atoms with Crippen molar-refractivity contribution < 1.29 is 19.1 Å². The normalized spacial score (nSPS) is 11.8. The summed E-state index contributed by atoms with van der Waals surface area (Å²) in [5, 5.41) is 0. The molecule has 0 heterocycles. The number of hydrogen-bond acceptors (Lipinski definition) is 4. The number of carbonyl (C=O) groups excluding carboxylic acids is 2. The molecule has 0 saturated heterocycles. The zero-order chi connectivity index (χ0) is 12.6. The Hall–Kier alpha value is -0.360. The second-order valence-corrected chi connectivity index (χ2v) is 4.49. The van der Waals surface area contributed by atoms with E-state index in [1.54, 1.807) is 0 Å². The molecule has 92 valence electrons. The Labute approximate surface area is 112 Å². The molecule has 0 aromatic carbocycles. The lowest BCUT2D eigenvalue weighted by atomic mass is 10.4. The van der Waals surface area contributed by atoms with E-state index in [0.29, 0.717) is 13.2 Å². The van der Waals surface area contributed by atoms with Crippen LogP contribution in [0.15, 0.2) is 8.96 Å². The predicted molar refractivity (Wildman–Crippen MR) is 67.4 cm³/mol. The maximum Gasteiger partial charge on any atom is 0.346 e. The highest BCUT2D eigenvalue weighted by molar-refractivity contribution is 9.14. The SMILES string of the molecule is CCCOC(=O)/C(Br)=C(\Br)C(=O)OCCC. The number of ether oxygens (including phenoxy) is 2. The van der Waals surface area contributed by atoms with E-state index in [1.807, 2.05) is 13.8 Å². The van der Waals surface area contributed by atoms with Crippen molar-refractivity contribution in [3.05, 3.63) is 8.96 Å². The maximum atomic E-state index is 11.4. The number of halogens is 2. The van der Waals surface area contributed by atoms with Gasteiger partial charge in [-0.15, -0.1) is 0 Å². The molecule has 4 nitrogen and oxygen atoms in total. The molecule has 0 atom stereocenters. The van der Waals surface area contributed by atoms with Gasteiger partial charge in [0, 0.05) is 0 Å². The van der Waals surface area contributed by atoms with E-state index in [9.17, 15) is 9.59 Å². The molecule has 0 bridgehead atoms. The smallest absolute Gasteiger partial charge is 0.346 e. The predicted octanol–water partition coefficient (Wildman–Crippen LogP) is 2.89. The molecule has 6 heteroatoms. The van der Waals surface area contributed by atoms with Crippen LogP contribution in [0.4, 0.5) is 0 Å². The molecular weight excluding hydrogens is 344 g/mol. The highest BCUT2D eigenvalue weighted by atomic mass is 79.9. The summed E-state index contributed by atoms with van der Waals surface area (Å²) >= 11 is 5.98. The zero-order valence-corrected chi connectivity index (χ0v) is 12.4. The van der Waals surface area contributed by atoms with Crippen molar-refractivity contribution in [1.29, 1.82) is 0 Å². The molecule has 0 fully saturated rings. The molecule has 0 amide bonds. The van der Waals surface area contributed by atoms with E-state index in [4.69, 9.17) is 9.47 Å². The molecule has 0 N–H and O–H groups in total. The number of esters is 2. The zero-order valence-electron chi connectivity index (χ0n) is 9.22. The molecule has 0 aliphatic carbocycles. The van der Waals surface area contributed by atoms with Crippen LogP contribution < -0.4 is 0 Å². The van der Waals surface area contributed by atoms with Crippen molar-refractivity contribution in [2.24, 2.45) is 0 Å². The largest absolute Gasteiger partial charge is 0.462 e. The minimum Gasteiger partial charge on any atom is -0.462 e. The summed E-state index contributed by atoms with van der Waals surface area (Å²) in [6.07, 6.45) is 1.45. The lowest BCUT2D eigenvalue weighted by Crippen LogP contribution is -2.11. The first-order chi connectivity index (χ1) is 7.54. The summed E-state index contributed by atoms with van der Waals surface area (Å²) in [6, 6.07) is 0. The van der Waals surface area contributed by atoms with Crippen LogP contribution in [-0.2, 0) is 19.1 Å². The van der Waals surface area contributed by atoms with Gasteiger partial charge in [-0.3, -0.25) is 0 Å². The standard InChI is InChI=1S/C10H14Br2O4/c1-3-5-15-9(13)7(11)8(12)10(14)16-6-4-2/h3-6H2,1-2H3/b8-7+. The van der Waals surface area contributed by atoms with Crippen LogP contribution >= 0.6 is 31.9 Å². The highest BCUT2D eigenvalue weighted by Crippen LogP contribution is 2.21. The van der Waals surface area contributed by atoms with Crippen LogP contribution in [0.2, 0.25) is 0 Å². The Kier molecular flexibility index (Phi) is 8.56. The molecule has 0 aromatic heterocycles. The van der Waals surface area contributed by atoms with Crippen LogP contribution in [0.25, 0.3) is 0 Å². The van der Waals surface area contributed by atoms with E-state index in [1.165, 1.54) is 0 Å². The third-order valence-corrected chi connectivity index (χ3v) is 3.40. The maximum absolute atomic E-state index is 11.4. The number of rotatable bonds is 6. The van der Waals surface area contributed by atoms with Crippen LogP contribution in [0.3, 0.4) is 0 Å². The van der Waals surface area contributed by atoms with Gasteiger partial charge in [0.2, 0.25) is 0 Å². The minimum absolute atomic E-state index is 0.0436. The van der Waals surface area contributed by atoms with Crippen molar-refractivity contribution in [3.63, 3.8) is 0 Å². The van der Waals surface area contributed by atoms with Crippen molar-refractivity contribution in [2.45, 2.75) is 26.7 Å². The second-order valence-electron chi connectivity index (χ2n) is 2.90. The van der Waals surface area contributed by atoms with Gasteiger partial charge in [-0.25, -0.2) is 9.59 Å². The summed E-state index contributed by atoms with van der Waals surface area (Å²) < 4.78 is 9.78. The van der Waals surface area contributed by atoms with Crippen LogP contribution in [0.5, 0.6) is 0 Å². The molecule has 0 radical (unpaired) electrons. The summed E-state index contributed by atoms with van der Waals surface area (Å²) in [6.45, 7) is 4.40. The number of hydrogen-bond donors (Lipinski definition) is 0. The quantitative estimate of drug-likeness (QED) is 0.541. The Bertz CT molecular complexity index is 259. The van der Waals surface area contributed by atoms with E-state index in [2.05, 4.69) is 31.9 Å². The average Bonchev–Trinajstić information content (AvgIpc) is 2.30. The summed E-state index contributed by atoms with van der Waals surface area (Å²) in [7, 11) is 0. The first-order valence-corrected chi connectivity index (χ1v) is 6.52. The van der Waals surface area contributed by atoms with Gasteiger partial charge in [0.15, 0.2) is 0 Å². The molecule has 0 rings (SSSR count). The van der Waals surface area contributed by atoms with Gasteiger partial charge < -0.3 is 9.47 Å². The Morgan fingerprint density at radius 3 is 1.44 bits per heavy atom. The van der Waals surface area contributed by atoms with Gasteiger partial charge in [0.25, 0.3) is 0 Å². The van der Waals surface area contributed by atoms with Gasteiger partial charge in [-0.1, -0.05) is 13.8 Å². The lowest BCUT2D eigenvalue weighted by molar-refractivity contribution is -0.141. The minimum atomic E-state index is -0.581. The summed E-state index contributed by atoms with van der Waals surface area (Å²) in [5.74, 6) is -1.16. The van der Waals surface area contributed by atoms with Crippen molar-refractivity contribution in [1.82, 2.24) is 0 Å². The van der Waals surface area contributed by atoms with Crippen molar-refractivity contribution >= 4 is 43.8 Å². The molecule has 0 aliphatic heterocycles. The molecule has 0 spiro atoms. The van der Waals surface area contributed by atoms with Gasteiger partial charge in [0.1, 0.15) is 8.96 Å². The Balaban J connectivity index is 4.43. The molecule has 0 unspecified atom stereocenters. The molecular formula is C10H14Br2O4. The fraction of sp³-hybridized carbons (Fsp3) is 0.600. The highest BCUT2D eigenvalue weighted by Gasteiger charge is 2.18. The van der Waals surface area contributed by atoms with Gasteiger partial charge in [-0.05, 0) is 44.7 Å². The topological polar surface area (TPSA) is 52.6 Å². The first kappa shape index (κ1) is 15.6. The monoisotopic (exact) mass is 356 g/mol. The van der Waals surface area contributed by atoms with Gasteiger partial charge in [-0.2, -0.15) is 0 Å². The van der Waals surface area contributed by atoms with E-state index >= 15 is 0 Å². The lowest BCUT2D eigenvalue weighted by Gasteiger charge is -2.05. The van der Waals surface area contributed by atoms with Crippen LogP contribution in [0, 0.1) is 0 Å².